The number of benzene rings is 2. The van der Waals surface area contributed by atoms with Gasteiger partial charge < -0.3 is 4.42 Å². The van der Waals surface area contributed by atoms with Crippen molar-refractivity contribution in [1.82, 2.24) is 0 Å². The molecule has 112 valence electrons. The molecule has 0 spiro atoms. The van der Waals surface area contributed by atoms with Crippen LogP contribution in [0.3, 0.4) is 0 Å². The number of furan rings is 1. The van der Waals surface area contributed by atoms with Crippen molar-refractivity contribution in [2.75, 3.05) is 0 Å². The van der Waals surface area contributed by atoms with Crippen molar-refractivity contribution >= 4 is 16.8 Å². The van der Waals surface area contributed by atoms with E-state index in [1.807, 2.05) is 42.5 Å². The molecule has 1 heterocycles. The van der Waals surface area contributed by atoms with Crippen molar-refractivity contribution < 1.29 is 9.21 Å². The number of para-hydroxylation sites is 1. The minimum Gasteiger partial charge on any atom is -0.453 e. The molecule has 0 aliphatic carbocycles. The molecule has 2 heteroatoms. The standard InChI is InChI=1S/C20H20O2/c1-20(2,3)16-10-8-14(9-11-16)12-17(21)19-13-15-6-4-5-7-18(15)22-19/h4-11,13H,12H2,1-3H3. The van der Waals surface area contributed by atoms with E-state index in [2.05, 4.69) is 32.9 Å². The van der Waals surface area contributed by atoms with Gasteiger partial charge >= 0.3 is 0 Å². The molecule has 22 heavy (non-hydrogen) atoms. The van der Waals surface area contributed by atoms with Gasteiger partial charge in [0, 0.05) is 11.8 Å². The third-order valence-corrected chi connectivity index (χ3v) is 3.88. The predicted octanol–water partition coefficient (Wildman–Crippen LogP) is 5.16. The fourth-order valence-corrected chi connectivity index (χ4v) is 2.51. The zero-order valence-electron chi connectivity index (χ0n) is 13.2. The molecule has 0 aliphatic rings. The lowest BCUT2D eigenvalue weighted by Crippen LogP contribution is -2.11. The fraction of sp³-hybridized carbons (Fsp3) is 0.250. The molecule has 0 bridgehead atoms. The number of Topliss-reactive ketones (excluding diaryl/α,β-unsaturated/α-hetero) is 1. The summed E-state index contributed by atoms with van der Waals surface area (Å²) in [6, 6.07) is 17.8. The van der Waals surface area contributed by atoms with E-state index in [9.17, 15) is 4.79 Å². The van der Waals surface area contributed by atoms with E-state index >= 15 is 0 Å². The molecular formula is C20H20O2. The van der Waals surface area contributed by atoms with Crippen molar-refractivity contribution in [3.05, 3.63) is 71.5 Å². The summed E-state index contributed by atoms with van der Waals surface area (Å²) in [6.07, 6.45) is 0.365. The number of hydrogen-bond donors (Lipinski definition) is 0. The first-order chi connectivity index (χ1) is 10.4. The summed E-state index contributed by atoms with van der Waals surface area (Å²) in [5, 5.41) is 0.967. The molecule has 0 fully saturated rings. The molecule has 0 aliphatic heterocycles. The number of carbonyl (C=O) groups is 1. The maximum absolute atomic E-state index is 12.4. The van der Waals surface area contributed by atoms with Gasteiger partial charge in [-0.3, -0.25) is 4.79 Å². The van der Waals surface area contributed by atoms with E-state index in [1.165, 1.54) is 5.56 Å². The summed E-state index contributed by atoms with van der Waals surface area (Å²) in [7, 11) is 0. The van der Waals surface area contributed by atoms with Crippen LogP contribution in [-0.2, 0) is 11.8 Å². The maximum atomic E-state index is 12.4. The Hall–Kier alpha value is -2.35. The van der Waals surface area contributed by atoms with Crippen molar-refractivity contribution in [2.45, 2.75) is 32.6 Å². The van der Waals surface area contributed by atoms with E-state index in [1.54, 1.807) is 0 Å². The van der Waals surface area contributed by atoms with Crippen LogP contribution in [-0.4, -0.2) is 5.78 Å². The predicted molar refractivity (Wildman–Crippen MR) is 89.4 cm³/mol. The minimum atomic E-state index is 0.0136. The van der Waals surface area contributed by atoms with Crippen LogP contribution in [0, 0.1) is 0 Å². The minimum absolute atomic E-state index is 0.0136. The summed E-state index contributed by atoms with van der Waals surface area (Å²) in [6.45, 7) is 6.55. The second-order valence-corrected chi connectivity index (χ2v) is 6.70. The summed E-state index contributed by atoms with van der Waals surface area (Å²) in [5.41, 5.74) is 3.17. The quantitative estimate of drug-likeness (QED) is 0.624. The molecule has 0 saturated carbocycles. The highest BCUT2D eigenvalue weighted by atomic mass is 16.3. The Labute approximate surface area is 130 Å². The van der Waals surface area contributed by atoms with E-state index in [4.69, 9.17) is 4.42 Å². The number of rotatable bonds is 3. The van der Waals surface area contributed by atoms with Gasteiger partial charge in [-0.1, -0.05) is 63.2 Å². The van der Waals surface area contributed by atoms with E-state index in [0.717, 1.165) is 16.5 Å². The van der Waals surface area contributed by atoms with E-state index in [0.29, 0.717) is 12.2 Å². The molecule has 1 aromatic heterocycles. The second-order valence-electron chi connectivity index (χ2n) is 6.70. The number of carbonyl (C=O) groups excluding carboxylic acids is 1. The van der Waals surface area contributed by atoms with Crippen LogP contribution in [0.4, 0.5) is 0 Å². The molecule has 0 atom stereocenters. The molecule has 0 radical (unpaired) electrons. The lowest BCUT2D eigenvalue weighted by atomic mass is 9.86. The highest BCUT2D eigenvalue weighted by Gasteiger charge is 2.15. The molecule has 3 rings (SSSR count). The first-order valence-corrected chi connectivity index (χ1v) is 7.55. The highest BCUT2D eigenvalue weighted by Crippen LogP contribution is 2.23. The van der Waals surface area contributed by atoms with Crippen molar-refractivity contribution in [3.8, 4) is 0 Å². The molecule has 2 nitrogen and oxygen atoms in total. The molecule has 2 aromatic carbocycles. The number of ketones is 1. The van der Waals surface area contributed by atoms with Gasteiger partial charge in [-0.2, -0.15) is 0 Å². The van der Waals surface area contributed by atoms with Gasteiger partial charge in [-0.05, 0) is 28.7 Å². The lowest BCUT2D eigenvalue weighted by molar-refractivity contribution is 0.0968. The Morgan fingerprint density at radius 2 is 1.68 bits per heavy atom. The summed E-state index contributed by atoms with van der Waals surface area (Å²) >= 11 is 0. The van der Waals surface area contributed by atoms with Gasteiger partial charge in [0.1, 0.15) is 5.58 Å². The Balaban J connectivity index is 1.79. The van der Waals surface area contributed by atoms with Crippen LogP contribution in [0.1, 0.15) is 42.5 Å². The number of hydrogen-bond acceptors (Lipinski definition) is 2. The largest absolute Gasteiger partial charge is 0.453 e. The summed E-state index contributed by atoms with van der Waals surface area (Å²) in [5.74, 6) is 0.445. The Bertz CT molecular complexity index is 769. The summed E-state index contributed by atoms with van der Waals surface area (Å²) in [4.78, 5) is 12.4. The van der Waals surface area contributed by atoms with Gasteiger partial charge in [0.2, 0.25) is 5.78 Å². The Morgan fingerprint density at radius 1 is 1.00 bits per heavy atom. The van der Waals surface area contributed by atoms with E-state index < -0.39 is 0 Å². The first kappa shape index (κ1) is 14.6. The monoisotopic (exact) mass is 292 g/mol. The Morgan fingerprint density at radius 3 is 2.32 bits per heavy atom. The molecule has 0 unspecified atom stereocenters. The van der Waals surface area contributed by atoms with Crippen LogP contribution in [0.25, 0.3) is 11.0 Å². The van der Waals surface area contributed by atoms with Crippen LogP contribution in [0.2, 0.25) is 0 Å². The molecule has 0 amide bonds. The summed E-state index contributed by atoms with van der Waals surface area (Å²) < 4.78 is 5.63. The zero-order chi connectivity index (χ0) is 15.7. The number of fused-ring (bicyclic) bond motifs is 1. The van der Waals surface area contributed by atoms with E-state index in [-0.39, 0.29) is 11.2 Å². The molecular weight excluding hydrogens is 272 g/mol. The average Bonchev–Trinajstić information content (AvgIpc) is 2.91. The third kappa shape index (κ3) is 2.96. The van der Waals surface area contributed by atoms with Crippen LogP contribution >= 0.6 is 0 Å². The van der Waals surface area contributed by atoms with Crippen molar-refractivity contribution in [2.24, 2.45) is 0 Å². The first-order valence-electron chi connectivity index (χ1n) is 7.55. The SMILES string of the molecule is CC(C)(C)c1ccc(CC(=O)c2cc3ccccc3o2)cc1. The van der Waals surface area contributed by atoms with Gasteiger partial charge in [-0.25, -0.2) is 0 Å². The van der Waals surface area contributed by atoms with Gasteiger partial charge in [-0.15, -0.1) is 0 Å². The second kappa shape index (κ2) is 5.45. The van der Waals surface area contributed by atoms with Gasteiger partial charge in [0.25, 0.3) is 0 Å². The van der Waals surface area contributed by atoms with Crippen LogP contribution in [0.15, 0.2) is 59.0 Å². The third-order valence-electron chi connectivity index (χ3n) is 3.88. The van der Waals surface area contributed by atoms with Crippen molar-refractivity contribution in [1.29, 1.82) is 0 Å². The Kier molecular flexibility index (Phi) is 3.61. The van der Waals surface area contributed by atoms with Gasteiger partial charge in [0.15, 0.2) is 5.76 Å². The van der Waals surface area contributed by atoms with Crippen LogP contribution < -0.4 is 0 Å². The van der Waals surface area contributed by atoms with Gasteiger partial charge in [0.05, 0.1) is 0 Å². The molecule has 0 saturated heterocycles. The molecule has 3 aromatic rings. The average molecular weight is 292 g/mol. The lowest BCUT2D eigenvalue weighted by Gasteiger charge is -2.19. The normalized spacial score (nSPS) is 11.8. The highest BCUT2D eigenvalue weighted by molar-refractivity contribution is 5.98. The van der Waals surface area contributed by atoms with Crippen molar-refractivity contribution in [3.63, 3.8) is 0 Å². The molecule has 0 N–H and O–H groups in total. The van der Waals surface area contributed by atoms with Crippen LogP contribution in [0.5, 0.6) is 0 Å². The fourth-order valence-electron chi connectivity index (χ4n) is 2.51. The zero-order valence-corrected chi connectivity index (χ0v) is 13.2. The maximum Gasteiger partial charge on any atom is 0.202 e. The smallest absolute Gasteiger partial charge is 0.202 e. The topological polar surface area (TPSA) is 30.2 Å².